The molecule has 0 aliphatic carbocycles. The third-order valence-electron chi connectivity index (χ3n) is 3.71. The Kier molecular flexibility index (Phi) is 4.85. The highest BCUT2D eigenvalue weighted by Gasteiger charge is 2.16. The molecule has 5 nitrogen and oxygen atoms in total. The van der Waals surface area contributed by atoms with Crippen molar-refractivity contribution < 1.29 is 10.1 Å². The molecule has 0 aliphatic rings. The van der Waals surface area contributed by atoms with E-state index in [0.29, 0.717) is 24.4 Å². The SMILES string of the molecule is COCC[NH2+]Cc1nc2sc(C)c(-c3ccccc3)c2c(=O)[nH]1. The van der Waals surface area contributed by atoms with Crippen molar-refractivity contribution in [2.45, 2.75) is 13.5 Å². The average Bonchev–Trinajstić information content (AvgIpc) is 2.89. The molecule has 6 heteroatoms. The van der Waals surface area contributed by atoms with E-state index in [1.165, 1.54) is 0 Å². The summed E-state index contributed by atoms with van der Waals surface area (Å²) in [6.45, 7) is 4.21. The van der Waals surface area contributed by atoms with Gasteiger partial charge in [-0.15, -0.1) is 11.3 Å². The minimum atomic E-state index is -0.0617. The Morgan fingerprint density at radius 3 is 2.83 bits per heavy atom. The highest BCUT2D eigenvalue weighted by molar-refractivity contribution is 7.19. The number of nitrogens with zero attached hydrogens (tertiary/aromatic N) is 1. The first-order chi connectivity index (χ1) is 11.2. The average molecular weight is 330 g/mol. The summed E-state index contributed by atoms with van der Waals surface area (Å²) in [5, 5.41) is 2.77. The Morgan fingerprint density at radius 1 is 1.30 bits per heavy atom. The highest BCUT2D eigenvalue weighted by Crippen LogP contribution is 2.35. The summed E-state index contributed by atoms with van der Waals surface area (Å²) in [5.41, 5.74) is 1.99. The number of thiophene rings is 1. The molecule has 0 fully saturated rings. The van der Waals surface area contributed by atoms with Gasteiger partial charge in [0.25, 0.3) is 5.56 Å². The number of hydrogen-bond donors (Lipinski definition) is 2. The van der Waals surface area contributed by atoms with Crippen molar-refractivity contribution in [1.82, 2.24) is 9.97 Å². The van der Waals surface area contributed by atoms with Gasteiger partial charge in [-0.3, -0.25) is 4.79 Å². The van der Waals surface area contributed by atoms with E-state index >= 15 is 0 Å². The zero-order valence-electron chi connectivity index (χ0n) is 13.3. The third kappa shape index (κ3) is 3.34. The summed E-state index contributed by atoms with van der Waals surface area (Å²) in [6, 6.07) is 10.0. The molecule has 3 rings (SSSR count). The van der Waals surface area contributed by atoms with E-state index in [2.05, 4.69) is 15.3 Å². The van der Waals surface area contributed by atoms with Gasteiger partial charge in [0.1, 0.15) is 11.4 Å². The number of nitrogens with one attached hydrogen (secondary N) is 1. The molecule has 3 N–H and O–H groups in total. The zero-order valence-corrected chi connectivity index (χ0v) is 14.1. The predicted octanol–water partition coefficient (Wildman–Crippen LogP) is 1.67. The number of H-pyrrole nitrogens is 1. The first-order valence-corrected chi connectivity index (χ1v) is 8.40. The molecule has 3 aromatic rings. The standard InChI is InChI=1S/C17H19N3O2S/c1-11-14(12-6-4-3-5-7-12)15-16(21)19-13(20-17(15)23-11)10-18-8-9-22-2/h3-7,18H,8-10H2,1-2H3,(H,19,20,21)/p+1. The van der Waals surface area contributed by atoms with Crippen LogP contribution in [0.2, 0.25) is 0 Å². The smallest absolute Gasteiger partial charge is 0.260 e. The quantitative estimate of drug-likeness (QED) is 0.675. The van der Waals surface area contributed by atoms with Crippen LogP contribution in [0, 0.1) is 6.92 Å². The maximum absolute atomic E-state index is 12.6. The fraction of sp³-hybridized carbons (Fsp3) is 0.294. The largest absolute Gasteiger partial charge is 0.379 e. The van der Waals surface area contributed by atoms with E-state index in [-0.39, 0.29) is 5.56 Å². The molecule has 1 aromatic carbocycles. The van der Waals surface area contributed by atoms with Gasteiger partial charge in [0.05, 0.1) is 18.5 Å². The lowest BCUT2D eigenvalue weighted by Crippen LogP contribution is -2.83. The van der Waals surface area contributed by atoms with E-state index in [0.717, 1.165) is 27.4 Å². The van der Waals surface area contributed by atoms with E-state index in [1.54, 1.807) is 18.4 Å². The molecule has 120 valence electrons. The molecular weight excluding hydrogens is 310 g/mol. The number of ether oxygens (including phenoxy) is 1. The van der Waals surface area contributed by atoms with Crippen molar-refractivity contribution in [2.75, 3.05) is 20.3 Å². The van der Waals surface area contributed by atoms with Crippen molar-refractivity contribution in [2.24, 2.45) is 0 Å². The van der Waals surface area contributed by atoms with Crippen LogP contribution < -0.4 is 10.9 Å². The molecule has 0 saturated heterocycles. The molecule has 23 heavy (non-hydrogen) atoms. The number of aromatic nitrogens is 2. The predicted molar refractivity (Wildman–Crippen MR) is 92.8 cm³/mol. The number of aryl methyl sites for hydroxylation is 1. The Balaban J connectivity index is 1.99. The number of nitrogens with two attached hydrogens (primary N) is 1. The van der Waals surface area contributed by atoms with Gasteiger partial charge in [0, 0.05) is 17.6 Å². The first kappa shape index (κ1) is 15.9. The van der Waals surface area contributed by atoms with Crippen LogP contribution in [0.25, 0.3) is 21.3 Å². The molecule has 0 unspecified atom stereocenters. The van der Waals surface area contributed by atoms with Gasteiger partial charge in [0.15, 0.2) is 5.82 Å². The first-order valence-electron chi connectivity index (χ1n) is 7.59. The second kappa shape index (κ2) is 7.04. The van der Waals surface area contributed by atoms with Crippen LogP contribution in [0.1, 0.15) is 10.7 Å². The molecule has 0 radical (unpaired) electrons. The van der Waals surface area contributed by atoms with Crippen LogP contribution in [0.15, 0.2) is 35.1 Å². The van der Waals surface area contributed by atoms with Gasteiger partial charge < -0.3 is 15.0 Å². The molecule has 2 aromatic heterocycles. The van der Waals surface area contributed by atoms with Gasteiger partial charge in [-0.25, -0.2) is 4.98 Å². The summed E-state index contributed by atoms with van der Waals surface area (Å²) in [7, 11) is 1.68. The lowest BCUT2D eigenvalue weighted by atomic mass is 10.0. The number of methoxy groups -OCH3 is 1. The molecular formula is C17H20N3O2S+. The van der Waals surface area contributed by atoms with Crippen LogP contribution in [0.5, 0.6) is 0 Å². The topological polar surface area (TPSA) is 71.6 Å². The molecule has 0 atom stereocenters. The summed E-state index contributed by atoms with van der Waals surface area (Å²) < 4.78 is 5.02. The van der Waals surface area contributed by atoms with Crippen molar-refractivity contribution in [3.05, 3.63) is 51.4 Å². The Morgan fingerprint density at radius 2 is 2.09 bits per heavy atom. The van der Waals surface area contributed by atoms with Gasteiger partial charge in [0.2, 0.25) is 0 Å². The van der Waals surface area contributed by atoms with Crippen molar-refractivity contribution in [3.8, 4) is 11.1 Å². The van der Waals surface area contributed by atoms with Crippen molar-refractivity contribution >= 4 is 21.6 Å². The molecule has 2 heterocycles. The van der Waals surface area contributed by atoms with E-state index in [1.807, 2.05) is 37.3 Å². The monoisotopic (exact) mass is 330 g/mol. The summed E-state index contributed by atoms with van der Waals surface area (Å²) in [6.07, 6.45) is 0. The summed E-state index contributed by atoms with van der Waals surface area (Å²) in [5.74, 6) is 0.708. The van der Waals surface area contributed by atoms with Gasteiger partial charge in [-0.2, -0.15) is 0 Å². The highest BCUT2D eigenvalue weighted by atomic mass is 32.1. The fourth-order valence-electron chi connectivity index (χ4n) is 2.65. The lowest BCUT2D eigenvalue weighted by Gasteiger charge is -2.03. The number of fused-ring (bicyclic) bond motifs is 1. The normalized spacial score (nSPS) is 11.2. The zero-order chi connectivity index (χ0) is 16.2. The van der Waals surface area contributed by atoms with Crippen LogP contribution in [0.3, 0.4) is 0 Å². The molecule has 0 amide bonds. The maximum Gasteiger partial charge on any atom is 0.260 e. The minimum Gasteiger partial charge on any atom is -0.379 e. The number of aromatic amines is 1. The summed E-state index contributed by atoms with van der Waals surface area (Å²) in [4.78, 5) is 22.0. The number of rotatable bonds is 6. The van der Waals surface area contributed by atoms with Crippen LogP contribution in [-0.2, 0) is 11.3 Å². The van der Waals surface area contributed by atoms with Gasteiger partial charge >= 0.3 is 0 Å². The van der Waals surface area contributed by atoms with E-state index in [4.69, 9.17) is 4.74 Å². The molecule has 0 spiro atoms. The van der Waals surface area contributed by atoms with E-state index in [9.17, 15) is 4.79 Å². The van der Waals surface area contributed by atoms with Crippen LogP contribution in [-0.4, -0.2) is 30.2 Å². The number of benzene rings is 1. The number of hydrogen-bond acceptors (Lipinski definition) is 4. The molecule has 0 bridgehead atoms. The van der Waals surface area contributed by atoms with Crippen molar-refractivity contribution in [1.29, 1.82) is 0 Å². The fourth-order valence-corrected chi connectivity index (χ4v) is 3.72. The van der Waals surface area contributed by atoms with Crippen LogP contribution >= 0.6 is 11.3 Å². The van der Waals surface area contributed by atoms with E-state index < -0.39 is 0 Å². The third-order valence-corrected chi connectivity index (χ3v) is 4.71. The summed E-state index contributed by atoms with van der Waals surface area (Å²) >= 11 is 1.58. The minimum absolute atomic E-state index is 0.0617. The second-order valence-electron chi connectivity index (χ2n) is 5.37. The Labute approximate surface area is 138 Å². The Hall–Kier alpha value is -2.02. The second-order valence-corrected chi connectivity index (χ2v) is 6.57. The van der Waals surface area contributed by atoms with Gasteiger partial charge in [-0.1, -0.05) is 30.3 Å². The number of quaternary nitrogens is 1. The Bertz CT molecular complexity index is 855. The van der Waals surface area contributed by atoms with Crippen molar-refractivity contribution in [3.63, 3.8) is 0 Å². The lowest BCUT2D eigenvalue weighted by molar-refractivity contribution is -0.672. The maximum atomic E-state index is 12.6. The van der Waals surface area contributed by atoms with Crippen LogP contribution in [0.4, 0.5) is 0 Å². The molecule has 0 saturated carbocycles. The molecule has 0 aliphatic heterocycles. The van der Waals surface area contributed by atoms with Gasteiger partial charge in [-0.05, 0) is 12.5 Å².